The summed E-state index contributed by atoms with van der Waals surface area (Å²) in [5.74, 6) is 3.41. The van der Waals surface area contributed by atoms with E-state index in [0.29, 0.717) is 19.8 Å². The standard InChI is InChI=1S/C22H30N4O3/c1-23-22(24-15-17-7-8-20-21(14-17)29-13-5-12-28-20)25-16-18(19-6-4-11-27-19)26-9-2-3-10-26/h4,6-8,11,14,18H,2-3,5,9-10,12-13,15-16H2,1H3,(H2,23,24,25). The van der Waals surface area contributed by atoms with Crippen LogP contribution in [-0.4, -0.2) is 50.8 Å². The number of fused-ring (bicyclic) bond motifs is 1. The zero-order chi connectivity index (χ0) is 19.9. The molecule has 0 aliphatic carbocycles. The molecular formula is C22H30N4O3. The molecule has 156 valence electrons. The first kappa shape index (κ1) is 19.6. The topological polar surface area (TPSA) is 71.3 Å². The highest BCUT2D eigenvalue weighted by Crippen LogP contribution is 2.30. The normalized spacial score (nSPS) is 18.3. The van der Waals surface area contributed by atoms with Crippen molar-refractivity contribution in [2.45, 2.75) is 31.8 Å². The maximum atomic E-state index is 5.78. The second kappa shape index (κ2) is 9.69. The first-order valence-corrected chi connectivity index (χ1v) is 10.4. The molecule has 2 aliphatic rings. The molecule has 0 saturated carbocycles. The van der Waals surface area contributed by atoms with Gasteiger partial charge in [-0.05, 0) is 55.8 Å². The first-order chi connectivity index (χ1) is 14.3. The molecule has 7 heteroatoms. The summed E-state index contributed by atoms with van der Waals surface area (Å²) in [4.78, 5) is 6.85. The number of rotatable bonds is 6. The van der Waals surface area contributed by atoms with E-state index < -0.39 is 0 Å². The minimum absolute atomic E-state index is 0.212. The van der Waals surface area contributed by atoms with Crippen LogP contribution in [0.5, 0.6) is 11.5 Å². The number of nitrogens with zero attached hydrogens (tertiary/aromatic N) is 2. The second-order valence-corrected chi connectivity index (χ2v) is 7.41. The van der Waals surface area contributed by atoms with Crippen LogP contribution < -0.4 is 20.1 Å². The average molecular weight is 399 g/mol. The maximum Gasteiger partial charge on any atom is 0.191 e. The Labute approximate surface area is 172 Å². The molecule has 3 heterocycles. The van der Waals surface area contributed by atoms with E-state index in [-0.39, 0.29) is 6.04 Å². The number of furan rings is 1. The molecular weight excluding hydrogens is 368 g/mol. The summed E-state index contributed by atoms with van der Waals surface area (Å²) in [5.41, 5.74) is 1.12. The molecule has 2 aliphatic heterocycles. The summed E-state index contributed by atoms with van der Waals surface area (Å²) in [7, 11) is 1.79. The lowest BCUT2D eigenvalue weighted by molar-refractivity contribution is 0.215. The van der Waals surface area contributed by atoms with Crippen LogP contribution in [0.2, 0.25) is 0 Å². The zero-order valence-electron chi connectivity index (χ0n) is 17.0. The number of hydrogen-bond donors (Lipinski definition) is 2. The van der Waals surface area contributed by atoms with Crippen molar-refractivity contribution in [3.63, 3.8) is 0 Å². The minimum atomic E-state index is 0.212. The Hall–Kier alpha value is -2.67. The molecule has 4 rings (SSSR count). The highest BCUT2D eigenvalue weighted by atomic mass is 16.5. The van der Waals surface area contributed by atoms with Gasteiger partial charge in [0.15, 0.2) is 17.5 Å². The van der Waals surface area contributed by atoms with E-state index in [0.717, 1.165) is 54.8 Å². The summed E-state index contributed by atoms with van der Waals surface area (Å²) < 4.78 is 17.2. The Morgan fingerprint density at radius 3 is 2.66 bits per heavy atom. The van der Waals surface area contributed by atoms with Crippen LogP contribution >= 0.6 is 0 Å². The summed E-state index contributed by atoms with van der Waals surface area (Å²) in [6.07, 6.45) is 5.14. The number of likely N-dealkylation sites (tertiary alicyclic amines) is 1. The number of nitrogens with one attached hydrogen (secondary N) is 2. The molecule has 7 nitrogen and oxygen atoms in total. The minimum Gasteiger partial charge on any atom is -0.490 e. The van der Waals surface area contributed by atoms with Gasteiger partial charge in [0.2, 0.25) is 0 Å². The quantitative estimate of drug-likeness (QED) is 0.576. The predicted octanol–water partition coefficient (Wildman–Crippen LogP) is 2.94. The summed E-state index contributed by atoms with van der Waals surface area (Å²) in [6.45, 7) is 5.01. The molecule has 1 unspecified atom stereocenters. The predicted molar refractivity (Wildman–Crippen MR) is 113 cm³/mol. The third-order valence-electron chi connectivity index (χ3n) is 5.41. The number of benzene rings is 1. The van der Waals surface area contributed by atoms with Crippen LogP contribution in [0.25, 0.3) is 0 Å². The van der Waals surface area contributed by atoms with Crippen molar-refractivity contribution in [1.82, 2.24) is 15.5 Å². The lowest BCUT2D eigenvalue weighted by Gasteiger charge is -2.26. The monoisotopic (exact) mass is 398 g/mol. The fourth-order valence-corrected chi connectivity index (χ4v) is 3.86. The molecule has 1 atom stereocenters. The van der Waals surface area contributed by atoms with Gasteiger partial charge in [0, 0.05) is 26.6 Å². The van der Waals surface area contributed by atoms with Crippen molar-refractivity contribution in [2.75, 3.05) is 39.9 Å². The number of guanidine groups is 1. The highest BCUT2D eigenvalue weighted by molar-refractivity contribution is 5.79. The van der Waals surface area contributed by atoms with E-state index in [4.69, 9.17) is 13.9 Å². The van der Waals surface area contributed by atoms with Crippen molar-refractivity contribution >= 4 is 5.96 Å². The van der Waals surface area contributed by atoms with Crippen LogP contribution in [-0.2, 0) is 6.54 Å². The lowest BCUT2D eigenvalue weighted by atomic mass is 10.2. The van der Waals surface area contributed by atoms with Gasteiger partial charge in [-0.1, -0.05) is 6.07 Å². The van der Waals surface area contributed by atoms with Crippen LogP contribution in [0.15, 0.2) is 46.0 Å². The maximum absolute atomic E-state index is 5.78. The van der Waals surface area contributed by atoms with Gasteiger partial charge in [0.1, 0.15) is 5.76 Å². The van der Waals surface area contributed by atoms with Crippen LogP contribution in [0, 0.1) is 0 Å². The van der Waals surface area contributed by atoms with Gasteiger partial charge in [-0.25, -0.2) is 0 Å². The first-order valence-electron chi connectivity index (χ1n) is 10.4. The van der Waals surface area contributed by atoms with Crippen molar-refractivity contribution in [3.8, 4) is 11.5 Å². The smallest absolute Gasteiger partial charge is 0.191 e. The lowest BCUT2D eigenvalue weighted by Crippen LogP contribution is -2.42. The van der Waals surface area contributed by atoms with Crippen molar-refractivity contribution < 1.29 is 13.9 Å². The molecule has 0 spiro atoms. The molecule has 2 aromatic rings. The van der Waals surface area contributed by atoms with E-state index in [9.17, 15) is 0 Å². The third kappa shape index (κ3) is 5.03. The van der Waals surface area contributed by atoms with Crippen molar-refractivity contribution in [3.05, 3.63) is 47.9 Å². The molecule has 0 bridgehead atoms. The molecule has 1 fully saturated rings. The van der Waals surface area contributed by atoms with Gasteiger partial charge in [-0.3, -0.25) is 9.89 Å². The van der Waals surface area contributed by atoms with E-state index in [1.54, 1.807) is 13.3 Å². The summed E-state index contributed by atoms with van der Waals surface area (Å²) in [5, 5.41) is 6.85. The van der Waals surface area contributed by atoms with Crippen molar-refractivity contribution in [1.29, 1.82) is 0 Å². The van der Waals surface area contributed by atoms with Gasteiger partial charge in [0.05, 0.1) is 25.5 Å². The Kier molecular flexibility index (Phi) is 6.56. The Morgan fingerprint density at radius 1 is 1.07 bits per heavy atom. The van der Waals surface area contributed by atoms with Crippen molar-refractivity contribution in [2.24, 2.45) is 4.99 Å². The Balaban J connectivity index is 1.34. The fraction of sp³-hybridized carbons (Fsp3) is 0.500. The van der Waals surface area contributed by atoms with E-state index in [1.807, 2.05) is 18.2 Å². The van der Waals surface area contributed by atoms with E-state index in [2.05, 4.69) is 32.7 Å². The molecule has 29 heavy (non-hydrogen) atoms. The molecule has 1 saturated heterocycles. The van der Waals surface area contributed by atoms with Crippen LogP contribution in [0.4, 0.5) is 0 Å². The number of aliphatic imine (C=N–C) groups is 1. The molecule has 1 aromatic carbocycles. The fourth-order valence-electron chi connectivity index (χ4n) is 3.86. The Bertz CT molecular complexity index is 800. The number of hydrogen-bond acceptors (Lipinski definition) is 5. The number of ether oxygens (including phenoxy) is 2. The van der Waals surface area contributed by atoms with Gasteiger partial charge in [-0.2, -0.15) is 0 Å². The van der Waals surface area contributed by atoms with Crippen LogP contribution in [0.1, 0.15) is 36.6 Å². The molecule has 0 amide bonds. The summed E-state index contributed by atoms with van der Waals surface area (Å²) in [6, 6.07) is 10.3. The second-order valence-electron chi connectivity index (χ2n) is 7.41. The average Bonchev–Trinajstić information content (AvgIpc) is 3.42. The molecule has 2 N–H and O–H groups in total. The molecule has 0 radical (unpaired) electrons. The zero-order valence-corrected chi connectivity index (χ0v) is 17.0. The SMILES string of the molecule is CN=C(NCc1ccc2c(c1)OCCCO2)NCC(c1ccco1)N1CCCC1. The summed E-state index contributed by atoms with van der Waals surface area (Å²) >= 11 is 0. The highest BCUT2D eigenvalue weighted by Gasteiger charge is 2.25. The van der Waals surface area contributed by atoms with E-state index >= 15 is 0 Å². The largest absolute Gasteiger partial charge is 0.490 e. The van der Waals surface area contributed by atoms with Gasteiger partial charge >= 0.3 is 0 Å². The van der Waals surface area contributed by atoms with E-state index in [1.165, 1.54) is 12.8 Å². The van der Waals surface area contributed by atoms with Gasteiger partial charge in [0.25, 0.3) is 0 Å². The van der Waals surface area contributed by atoms with Gasteiger partial charge in [-0.15, -0.1) is 0 Å². The Morgan fingerprint density at radius 2 is 1.90 bits per heavy atom. The molecule has 1 aromatic heterocycles. The van der Waals surface area contributed by atoms with Gasteiger partial charge < -0.3 is 24.5 Å². The third-order valence-corrected chi connectivity index (χ3v) is 5.41. The van der Waals surface area contributed by atoms with Crippen LogP contribution in [0.3, 0.4) is 0 Å².